The zero-order chi connectivity index (χ0) is 16.1. The van der Waals surface area contributed by atoms with Crippen molar-refractivity contribution in [3.63, 3.8) is 0 Å². The van der Waals surface area contributed by atoms with Crippen LogP contribution in [0.1, 0.15) is 15.9 Å². The van der Waals surface area contributed by atoms with Gasteiger partial charge in [-0.05, 0) is 40.2 Å². The molecule has 22 heavy (non-hydrogen) atoms. The molecule has 8 heteroatoms. The van der Waals surface area contributed by atoms with Gasteiger partial charge in [0, 0.05) is 21.7 Å². The lowest BCUT2D eigenvalue weighted by Gasteiger charge is -2.00. The van der Waals surface area contributed by atoms with Gasteiger partial charge in [-0.3, -0.25) is 14.9 Å². The number of halogens is 2. The molecule has 2 rings (SSSR count). The predicted octanol–water partition coefficient (Wildman–Crippen LogP) is 3.88. The summed E-state index contributed by atoms with van der Waals surface area (Å²) in [5, 5.41) is 14.6. The summed E-state index contributed by atoms with van der Waals surface area (Å²) in [6, 6.07) is 11.4. The Hall–Kier alpha value is -2.06. The van der Waals surface area contributed by atoms with Crippen LogP contribution in [-0.4, -0.2) is 17.0 Å². The maximum Gasteiger partial charge on any atom is 0.284 e. The molecule has 0 bridgehead atoms. The highest BCUT2D eigenvalue weighted by Gasteiger charge is 2.11. The molecule has 0 fully saturated rings. The van der Waals surface area contributed by atoms with Crippen LogP contribution in [0.5, 0.6) is 0 Å². The highest BCUT2D eigenvalue weighted by atomic mass is 79.9. The summed E-state index contributed by atoms with van der Waals surface area (Å²) < 4.78 is 1.17. The zero-order valence-electron chi connectivity index (χ0n) is 11.0. The molecular weight excluding hydrogens is 418 g/mol. The molecule has 1 N–H and O–H groups in total. The number of benzene rings is 2. The number of nitro benzene ring substituents is 1. The van der Waals surface area contributed by atoms with E-state index in [1.807, 2.05) is 0 Å². The first-order valence-electron chi connectivity index (χ1n) is 6.00. The topological polar surface area (TPSA) is 84.6 Å². The summed E-state index contributed by atoms with van der Waals surface area (Å²) in [5.41, 5.74) is 3.25. The lowest BCUT2D eigenvalue weighted by atomic mass is 10.2. The Labute approximate surface area is 142 Å². The molecule has 2 aromatic rings. The van der Waals surface area contributed by atoms with Gasteiger partial charge in [0.25, 0.3) is 11.6 Å². The number of hydrogen-bond acceptors (Lipinski definition) is 4. The third-order valence-electron chi connectivity index (χ3n) is 2.63. The van der Waals surface area contributed by atoms with Gasteiger partial charge in [0.05, 0.1) is 15.6 Å². The van der Waals surface area contributed by atoms with E-state index in [4.69, 9.17) is 0 Å². The van der Waals surface area contributed by atoms with E-state index in [0.29, 0.717) is 15.6 Å². The van der Waals surface area contributed by atoms with E-state index >= 15 is 0 Å². The molecule has 0 spiro atoms. The minimum absolute atomic E-state index is 0.0673. The number of carbonyl (C=O) groups is 1. The standard InChI is InChI=1S/C14H9Br2N3O3/c15-11-3-1-2-10(7-11)14(20)18-17-8-9-4-5-12(16)13(6-9)19(21)22/h1-8H,(H,18,20). The van der Waals surface area contributed by atoms with E-state index in [1.54, 1.807) is 36.4 Å². The molecule has 0 atom stereocenters. The second-order valence-corrected chi connectivity index (χ2v) is 5.95. The van der Waals surface area contributed by atoms with Gasteiger partial charge >= 0.3 is 0 Å². The van der Waals surface area contributed by atoms with Crippen LogP contribution in [0, 0.1) is 10.1 Å². The first-order valence-corrected chi connectivity index (χ1v) is 7.59. The predicted molar refractivity (Wildman–Crippen MR) is 90.0 cm³/mol. The molecule has 0 aliphatic heterocycles. The SMILES string of the molecule is O=C(NN=Cc1ccc(Br)c([N+](=O)[O-])c1)c1cccc(Br)c1. The quantitative estimate of drug-likeness (QED) is 0.457. The average molecular weight is 427 g/mol. The van der Waals surface area contributed by atoms with Crippen molar-refractivity contribution in [2.75, 3.05) is 0 Å². The first-order chi connectivity index (χ1) is 10.5. The first kappa shape index (κ1) is 16.3. The Morgan fingerprint density at radius 2 is 2.00 bits per heavy atom. The fourth-order valence-electron chi connectivity index (χ4n) is 1.61. The van der Waals surface area contributed by atoms with Gasteiger partial charge in [0.1, 0.15) is 0 Å². The number of rotatable bonds is 4. The Balaban J connectivity index is 2.08. The van der Waals surface area contributed by atoms with Crippen LogP contribution in [-0.2, 0) is 0 Å². The maximum atomic E-state index is 11.9. The molecule has 1 amide bonds. The van der Waals surface area contributed by atoms with Crippen LogP contribution in [0.4, 0.5) is 5.69 Å². The molecule has 0 aromatic heterocycles. The summed E-state index contributed by atoms with van der Waals surface area (Å²) in [6.45, 7) is 0. The van der Waals surface area contributed by atoms with Crippen molar-refractivity contribution in [3.05, 3.63) is 72.7 Å². The van der Waals surface area contributed by atoms with Gasteiger partial charge in [-0.2, -0.15) is 5.10 Å². The van der Waals surface area contributed by atoms with Crippen molar-refractivity contribution >= 4 is 49.7 Å². The van der Waals surface area contributed by atoms with Gasteiger partial charge in [0.15, 0.2) is 0 Å². The summed E-state index contributed by atoms with van der Waals surface area (Å²) in [7, 11) is 0. The lowest BCUT2D eigenvalue weighted by Crippen LogP contribution is -2.17. The van der Waals surface area contributed by atoms with E-state index in [-0.39, 0.29) is 11.6 Å². The largest absolute Gasteiger partial charge is 0.284 e. The summed E-state index contributed by atoms with van der Waals surface area (Å²) >= 11 is 6.38. The Kier molecular flexibility index (Phi) is 5.40. The van der Waals surface area contributed by atoms with E-state index in [9.17, 15) is 14.9 Å². The molecular formula is C14H9Br2N3O3. The minimum atomic E-state index is -0.499. The van der Waals surface area contributed by atoms with Gasteiger partial charge in [-0.25, -0.2) is 5.43 Å². The Morgan fingerprint density at radius 3 is 2.68 bits per heavy atom. The molecule has 2 aromatic carbocycles. The maximum absolute atomic E-state index is 11.9. The van der Waals surface area contributed by atoms with Crippen molar-refractivity contribution in [1.29, 1.82) is 0 Å². The molecule has 0 saturated heterocycles. The fraction of sp³-hybridized carbons (Fsp3) is 0. The van der Waals surface area contributed by atoms with Crippen molar-refractivity contribution in [2.45, 2.75) is 0 Å². The van der Waals surface area contributed by atoms with Crippen molar-refractivity contribution in [1.82, 2.24) is 5.43 Å². The molecule has 0 saturated carbocycles. The van der Waals surface area contributed by atoms with Crippen LogP contribution >= 0.6 is 31.9 Å². The van der Waals surface area contributed by atoms with Gasteiger partial charge in [-0.15, -0.1) is 0 Å². The number of hydrogen-bond donors (Lipinski definition) is 1. The van der Waals surface area contributed by atoms with Crippen molar-refractivity contribution in [2.24, 2.45) is 5.10 Å². The van der Waals surface area contributed by atoms with Gasteiger partial charge in [0.2, 0.25) is 0 Å². The smallest absolute Gasteiger partial charge is 0.267 e. The van der Waals surface area contributed by atoms with E-state index < -0.39 is 4.92 Å². The van der Waals surface area contributed by atoms with Gasteiger partial charge < -0.3 is 0 Å². The number of nitro groups is 1. The summed E-state index contributed by atoms with van der Waals surface area (Å²) in [4.78, 5) is 22.2. The Bertz CT molecular complexity index is 763. The van der Waals surface area contributed by atoms with E-state index in [0.717, 1.165) is 4.47 Å². The van der Waals surface area contributed by atoms with Crippen LogP contribution in [0.15, 0.2) is 56.5 Å². The molecule has 0 heterocycles. The summed E-state index contributed by atoms with van der Waals surface area (Å²) in [6.07, 6.45) is 1.34. The van der Waals surface area contributed by atoms with Crippen LogP contribution < -0.4 is 5.43 Å². The van der Waals surface area contributed by atoms with Crippen LogP contribution in [0.3, 0.4) is 0 Å². The highest BCUT2D eigenvalue weighted by molar-refractivity contribution is 9.10. The molecule has 0 unspecified atom stereocenters. The average Bonchev–Trinajstić information content (AvgIpc) is 2.48. The van der Waals surface area contributed by atoms with E-state index in [1.165, 1.54) is 12.3 Å². The number of amides is 1. The number of carbonyl (C=O) groups excluding carboxylic acids is 1. The molecule has 0 radical (unpaired) electrons. The zero-order valence-corrected chi connectivity index (χ0v) is 14.2. The third-order valence-corrected chi connectivity index (χ3v) is 3.80. The summed E-state index contributed by atoms with van der Waals surface area (Å²) in [5.74, 6) is -0.371. The minimum Gasteiger partial charge on any atom is -0.267 e. The van der Waals surface area contributed by atoms with Crippen molar-refractivity contribution < 1.29 is 9.72 Å². The van der Waals surface area contributed by atoms with E-state index in [2.05, 4.69) is 42.4 Å². The molecule has 0 aliphatic carbocycles. The normalized spacial score (nSPS) is 10.6. The fourth-order valence-corrected chi connectivity index (χ4v) is 2.40. The van der Waals surface area contributed by atoms with Crippen LogP contribution in [0.25, 0.3) is 0 Å². The Morgan fingerprint density at radius 1 is 1.23 bits per heavy atom. The molecule has 112 valence electrons. The lowest BCUT2D eigenvalue weighted by molar-refractivity contribution is -0.385. The number of hydrazone groups is 1. The molecule has 0 aliphatic rings. The third kappa shape index (κ3) is 4.22. The molecule has 6 nitrogen and oxygen atoms in total. The van der Waals surface area contributed by atoms with Gasteiger partial charge in [-0.1, -0.05) is 28.1 Å². The van der Waals surface area contributed by atoms with Crippen LogP contribution in [0.2, 0.25) is 0 Å². The highest BCUT2D eigenvalue weighted by Crippen LogP contribution is 2.24. The second kappa shape index (κ2) is 7.28. The number of nitrogens with zero attached hydrogens (tertiary/aromatic N) is 2. The van der Waals surface area contributed by atoms with Crippen molar-refractivity contribution in [3.8, 4) is 0 Å². The monoisotopic (exact) mass is 425 g/mol. The second-order valence-electron chi connectivity index (χ2n) is 4.18. The number of nitrogens with one attached hydrogen (secondary N) is 1.